The standard InChI is InChI=1S/C28H41NO6/c1-17-13-19(30)14-18-8-9-20-21-10-11-28(34,23(32)16-35-24(33)7-5-4-6-12-29)26(21,2)15-22(31)25(20)27(17,18)3/h13-14,20-22,25,31,34H,4-12,15-16,29H2,1-3H3/t20-,21-,22?,25+,26-,27-,28-/m0/s1. The maximum atomic E-state index is 13.3. The fourth-order valence-corrected chi connectivity index (χ4v) is 8.07. The topological polar surface area (TPSA) is 127 Å². The molecular weight excluding hydrogens is 446 g/mol. The number of ether oxygens (including phenoxy) is 1. The van der Waals surface area contributed by atoms with Crippen LogP contribution in [0.4, 0.5) is 0 Å². The van der Waals surface area contributed by atoms with Gasteiger partial charge >= 0.3 is 5.97 Å². The van der Waals surface area contributed by atoms with E-state index in [-0.39, 0.29) is 35.4 Å². The zero-order valence-corrected chi connectivity index (χ0v) is 21.3. The van der Waals surface area contributed by atoms with Crippen molar-refractivity contribution in [1.82, 2.24) is 0 Å². The molecule has 0 bridgehead atoms. The zero-order chi connectivity index (χ0) is 25.6. The number of allylic oxidation sites excluding steroid dienone is 4. The third kappa shape index (κ3) is 4.13. The normalized spacial score (nSPS) is 40.2. The van der Waals surface area contributed by atoms with Gasteiger partial charge in [-0.2, -0.15) is 0 Å². The number of carbonyl (C=O) groups excluding carboxylic acids is 3. The number of hydrogen-bond donors (Lipinski definition) is 3. The Labute approximate surface area is 208 Å². The van der Waals surface area contributed by atoms with E-state index in [0.717, 1.165) is 36.8 Å². The minimum atomic E-state index is -1.63. The Morgan fingerprint density at radius 3 is 2.63 bits per heavy atom. The highest BCUT2D eigenvalue weighted by Gasteiger charge is 2.68. The third-order valence-electron chi connectivity index (χ3n) is 10.1. The number of Topliss-reactive ketones (excluding diaryl/α,β-unsaturated/α-hetero) is 1. The molecule has 0 aromatic carbocycles. The smallest absolute Gasteiger partial charge is 0.306 e. The predicted octanol–water partition coefficient (Wildman–Crippen LogP) is 3.02. The van der Waals surface area contributed by atoms with Gasteiger partial charge in [0.25, 0.3) is 0 Å². The van der Waals surface area contributed by atoms with E-state index in [4.69, 9.17) is 10.5 Å². The summed E-state index contributed by atoms with van der Waals surface area (Å²) in [7, 11) is 0. The van der Waals surface area contributed by atoms with E-state index in [1.54, 1.807) is 12.2 Å². The number of esters is 1. The highest BCUT2D eigenvalue weighted by molar-refractivity contribution is 6.02. The van der Waals surface area contributed by atoms with E-state index in [2.05, 4.69) is 6.92 Å². The van der Waals surface area contributed by atoms with Crippen molar-refractivity contribution in [2.75, 3.05) is 13.2 Å². The van der Waals surface area contributed by atoms with Crippen molar-refractivity contribution in [3.8, 4) is 0 Å². The molecule has 4 N–H and O–H groups in total. The van der Waals surface area contributed by atoms with Gasteiger partial charge in [-0.1, -0.05) is 31.4 Å². The molecule has 194 valence electrons. The van der Waals surface area contributed by atoms with Crippen molar-refractivity contribution < 1.29 is 29.3 Å². The van der Waals surface area contributed by atoms with Gasteiger partial charge < -0.3 is 20.7 Å². The first-order chi connectivity index (χ1) is 16.5. The Bertz CT molecular complexity index is 955. The van der Waals surface area contributed by atoms with E-state index < -0.39 is 35.5 Å². The third-order valence-corrected chi connectivity index (χ3v) is 10.1. The lowest BCUT2D eigenvalue weighted by Crippen LogP contribution is -2.62. The Balaban J connectivity index is 1.50. The van der Waals surface area contributed by atoms with E-state index in [1.165, 1.54) is 0 Å². The van der Waals surface area contributed by atoms with Crippen LogP contribution in [-0.4, -0.2) is 52.6 Å². The molecule has 4 aliphatic rings. The summed E-state index contributed by atoms with van der Waals surface area (Å²) in [6, 6.07) is 0. The number of unbranched alkanes of at least 4 members (excludes halogenated alkanes) is 2. The Morgan fingerprint density at radius 2 is 1.91 bits per heavy atom. The maximum Gasteiger partial charge on any atom is 0.306 e. The van der Waals surface area contributed by atoms with E-state index in [0.29, 0.717) is 32.2 Å². The molecule has 1 unspecified atom stereocenters. The molecular formula is C28H41NO6. The molecule has 0 saturated heterocycles. The predicted molar refractivity (Wildman–Crippen MR) is 131 cm³/mol. The number of ketones is 2. The Kier molecular flexibility index (Phi) is 7.17. The van der Waals surface area contributed by atoms with E-state index in [9.17, 15) is 24.6 Å². The number of carbonyl (C=O) groups is 3. The minimum absolute atomic E-state index is 0.0123. The van der Waals surface area contributed by atoms with Crippen molar-refractivity contribution >= 4 is 17.5 Å². The number of hydrogen-bond acceptors (Lipinski definition) is 7. The van der Waals surface area contributed by atoms with Gasteiger partial charge in [0.1, 0.15) is 5.60 Å². The fourth-order valence-electron chi connectivity index (χ4n) is 8.07. The largest absolute Gasteiger partial charge is 0.458 e. The lowest BCUT2D eigenvalue weighted by atomic mass is 9.45. The second-order valence-corrected chi connectivity index (χ2v) is 11.7. The zero-order valence-electron chi connectivity index (χ0n) is 21.3. The lowest BCUT2D eigenvalue weighted by Gasteiger charge is -2.60. The molecule has 0 amide bonds. The molecule has 35 heavy (non-hydrogen) atoms. The van der Waals surface area contributed by atoms with Crippen LogP contribution >= 0.6 is 0 Å². The van der Waals surface area contributed by atoms with Gasteiger partial charge in [-0.3, -0.25) is 14.4 Å². The quantitative estimate of drug-likeness (QED) is 0.355. The lowest BCUT2D eigenvalue weighted by molar-refractivity contribution is -0.181. The van der Waals surface area contributed by atoms with E-state index in [1.807, 2.05) is 13.8 Å². The molecule has 4 rings (SSSR count). The molecule has 3 saturated carbocycles. The summed E-state index contributed by atoms with van der Waals surface area (Å²) in [5.41, 5.74) is 4.74. The first-order valence-corrected chi connectivity index (χ1v) is 13.2. The molecule has 0 aliphatic heterocycles. The van der Waals surface area contributed by atoms with Crippen LogP contribution in [0.15, 0.2) is 23.3 Å². The van der Waals surface area contributed by atoms with Crippen LogP contribution in [0.3, 0.4) is 0 Å². The average Bonchev–Trinajstić information content (AvgIpc) is 3.07. The number of rotatable bonds is 8. The van der Waals surface area contributed by atoms with Crippen molar-refractivity contribution in [3.63, 3.8) is 0 Å². The maximum absolute atomic E-state index is 13.3. The monoisotopic (exact) mass is 487 g/mol. The van der Waals surface area contributed by atoms with Crippen LogP contribution in [0.25, 0.3) is 0 Å². The van der Waals surface area contributed by atoms with Gasteiger partial charge in [-0.25, -0.2) is 0 Å². The number of aliphatic hydroxyl groups excluding tert-OH is 1. The van der Waals surface area contributed by atoms with Crippen molar-refractivity contribution in [2.24, 2.45) is 34.3 Å². The molecule has 0 spiro atoms. The second-order valence-electron chi connectivity index (χ2n) is 11.7. The Morgan fingerprint density at radius 1 is 1.17 bits per heavy atom. The van der Waals surface area contributed by atoms with Crippen LogP contribution < -0.4 is 5.73 Å². The molecule has 0 radical (unpaired) electrons. The highest BCUT2D eigenvalue weighted by Crippen LogP contribution is 2.68. The van der Waals surface area contributed by atoms with Gasteiger partial charge in [-0.05, 0) is 82.4 Å². The number of aliphatic hydroxyl groups is 2. The second kappa shape index (κ2) is 9.56. The SMILES string of the molecule is CC1=CC(=O)C=C2CC[C@@H]3[C@H](C(O)C[C@@]4(C)[C@H]3CC[C@]4(O)C(=O)COC(=O)CCCCCN)[C@@]12C. The first kappa shape index (κ1) is 26.2. The summed E-state index contributed by atoms with van der Waals surface area (Å²) < 4.78 is 5.24. The van der Waals surface area contributed by atoms with Crippen LogP contribution in [0.5, 0.6) is 0 Å². The van der Waals surface area contributed by atoms with Gasteiger partial charge in [0.2, 0.25) is 5.78 Å². The van der Waals surface area contributed by atoms with Crippen molar-refractivity contribution in [2.45, 2.75) is 90.3 Å². The summed E-state index contributed by atoms with van der Waals surface area (Å²) in [6.45, 7) is 6.19. The number of nitrogens with two attached hydrogens (primary N) is 1. The van der Waals surface area contributed by atoms with Crippen molar-refractivity contribution in [1.29, 1.82) is 0 Å². The summed E-state index contributed by atoms with van der Waals surface area (Å²) in [5.74, 6) is -0.747. The Hall–Kier alpha value is -1.83. The first-order valence-electron chi connectivity index (χ1n) is 13.2. The molecule has 3 fully saturated rings. The molecule has 0 aromatic rings. The minimum Gasteiger partial charge on any atom is -0.458 e. The number of fused-ring (bicyclic) bond motifs is 5. The molecule has 7 nitrogen and oxygen atoms in total. The van der Waals surface area contributed by atoms with Crippen LogP contribution in [0.1, 0.15) is 78.6 Å². The van der Waals surface area contributed by atoms with Gasteiger partial charge in [-0.15, -0.1) is 0 Å². The molecule has 7 atom stereocenters. The van der Waals surface area contributed by atoms with E-state index >= 15 is 0 Å². The van der Waals surface area contributed by atoms with Crippen molar-refractivity contribution in [3.05, 3.63) is 23.3 Å². The van der Waals surface area contributed by atoms with Gasteiger partial charge in [0.15, 0.2) is 12.4 Å². The average molecular weight is 488 g/mol. The molecule has 0 heterocycles. The summed E-state index contributed by atoms with van der Waals surface area (Å²) in [6.07, 6.45) is 8.20. The summed E-state index contributed by atoms with van der Waals surface area (Å²) in [5, 5.41) is 23.3. The van der Waals surface area contributed by atoms with Crippen LogP contribution in [0.2, 0.25) is 0 Å². The van der Waals surface area contributed by atoms with Crippen LogP contribution in [0, 0.1) is 28.6 Å². The van der Waals surface area contributed by atoms with Gasteiger partial charge in [0, 0.05) is 23.2 Å². The molecule has 0 aromatic heterocycles. The van der Waals surface area contributed by atoms with Gasteiger partial charge in [0.05, 0.1) is 6.10 Å². The molecule has 4 aliphatic carbocycles. The van der Waals surface area contributed by atoms with Crippen LogP contribution in [-0.2, 0) is 19.1 Å². The highest BCUT2D eigenvalue weighted by atomic mass is 16.5. The molecule has 7 heteroatoms. The summed E-state index contributed by atoms with van der Waals surface area (Å²) in [4.78, 5) is 37.5. The fraction of sp³-hybridized carbons (Fsp3) is 0.750. The summed E-state index contributed by atoms with van der Waals surface area (Å²) >= 11 is 0.